The van der Waals surface area contributed by atoms with Crippen LogP contribution >= 0.6 is 0 Å². The summed E-state index contributed by atoms with van der Waals surface area (Å²) in [6, 6.07) is 0.194. The predicted octanol–water partition coefficient (Wildman–Crippen LogP) is 1.47. The van der Waals surface area contributed by atoms with Gasteiger partial charge < -0.3 is 14.6 Å². The first-order chi connectivity index (χ1) is 8.01. The molecule has 1 saturated carbocycles. The fraction of sp³-hybridized carbons (Fsp3) is 0.750. The fourth-order valence-electron chi connectivity index (χ4n) is 2.38. The smallest absolute Gasteiger partial charge is 0.162 e. The van der Waals surface area contributed by atoms with Crippen LogP contribution in [0.1, 0.15) is 38.4 Å². The van der Waals surface area contributed by atoms with E-state index in [1.807, 2.05) is 18.5 Å². The Morgan fingerprint density at radius 3 is 2.59 bits per heavy atom. The predicted molar refractivity (Wildman–Crippen MR) is 63.1 cm³/mol. The van der Waals surface area contributed by atoms with Crippen molar-refractivity contribution in [1.82, 2.24) is 9.78 Å². The van der Waals surface area contributed by atoms with Crippen molar-refractivity contribution in [2.75, 3.05) is 14.2 Å². The van der Waals surface area contributed by atoms with Crippen LogP contribution in [-0.4, -0.2) is 35.2 Å². The molecule has 1 heterocycles. The second-order valence-electron chi connectivity index (χ2n) is 4.90. The minimum atomic E-state index is -0.868. The molecular formula is C12H20N2O3. The summed E-state index contributed by atoms with van der Waals surface area (Å²) in [5.41, 5.74) is -0.101. The van der Waals surface area contributed by atoms with Crippen molar-refractivity contribution in [3.63, 3.8) is 0 Å². The topological polar surface area (TPSA) is 56.5 Å². The standard InChI is InChI=1S/C12H20N2O3/c1-8(2)14-11(10(17-4)7-13-14)12(15)5-9(6-12)16-3/h7-9,15H,5-6H2,1-4H3. The van der Waals surface area contributed by atoms with E-state index >= 15 is 0 Å². The van der Waals surface area contributed by atoms with E-state index in [4.69, 9.17) is 9.47 Å². The third-order valence-electron chi connectivity index (χ3n) is 3.38. The molecule has 1 aromatic rings. The third kappa shape index (κ3) is 1.93. The molecule has 0 amide bonds. The minimum absolute atomic E-state index is 0.125. The molecule has 0 spiro atoms. The Hall–Kier alpha value is -1.07. The van der Waals surface area contributed by atoms with E-state index in [0.29, 0.717) is 18.6 Å². The van der Waals surface area contributed by atoms with Gasteiger partial charge in [0.2, 0.25) is 0 Å². The molecule has 0 saturated heterocycles. The molecule has 2 rings (SSSR count). The van der Waals surface area contributed by atoms with E-state index in [0.717, 1.165) is 5.69 Å². The number of aliphatic hydroxyl groups is 1. The van der Waals surface area contributed by atoms with Crippen LogP contribution in [0.3, 0.4) is 0 Å². The maximum absolute atomic E-state index is 10.6. The van der Waals surface area contributed by atoms with Crippen LogP contribution in [0.2, 0.25) is 0 Å². The summed E-state index contributed by atoms with van der Waals surface area (Å²) in [5.74, 6) is 0.649. The number of hydrogen-bond acceptors (Lipinski definition) is 4. The van der Waals surface area contributed by atoms with E-state index in [-0.39, 0.29) is 12.1 Å². The van der Waals surface area contributed by atoms with Gasteiger partial charge in [-0.1, -0.05) is 0 Å². The maximum Gasteiger partial charge on any atom is 0.162 e. The summed E-state index contributed by atoms with van der Waals surface area (Å²) in [7, 11) is 3.27. The van der Waals surface area contributed by atoms with Gasteiger partial charge in [0.15, 0.2) is 5.75 Å². The Morgan fingerprint density at radius 1 is 1.47 bits per heavy atom. The largest absolute Gasteiger partial charge is 0.493 e. The van der Waals surface area contributed by atoms with E-state index < -0.39 is 5.60 Å². The van der Waals surface area contributed by atoms with E-state index in [1.54, 1.807) is 20.4 Å². The molecule has 0 aliphatic heterocycles. The van der Waals surface area contributed by atoms with Gasteiger partial charge in [-0.2, -0.15) is 5.10 Å². The summed E-state index contributed by atoms with van der Waals surface area (Å²) in [6.07, 6.45) is 2.98. The Bertz CT molecular complexity index is 394. The zero-order valence-corrected chi connectivity index (χ0v) is 10.8. The molecule has 96 valence electrons. The minimum Gasteiger partial charge on any atom is -0.493 e. The Balaban J connectivity index is 2.33. The van der Waals surface area contributed by atoms with Crippen LogP contribution in [0, 0.1) is 0 Å². The molecule has 1 aliphatic carbocycles. The molecule has 0 bridgehead atoms. The van der Waals surface area contributed by atoms with Crippen LogP contribution in [0.25, 0.3) is 0 Å². The lowest BCUT2D eigenvalue weighted by Crippen LogP contribution is -2.47. The van der Waals surface area contributed by atoms with Crippen molar-refractivity contribution in [2.24, 2.45) is 0 Å². The third-order valence-corrected chi connectivity index (χ3v) is 3.38. The van der Waals surface area contributed by atoms with Crippen LogP contribution in [-0.2, 0) is 10.3 Å². The van der Waals surface area contributed by atoms with Gasteiger partial charge in [0, 0.05) is 26.0 Å². The number of aromatic nitrogens is 2. The van der Waals surface area contributed by atoms with E-state index in [1.165, 1.54) is 0 Å². The summed E-state index contributed by atoms with van der Waals surface area (Å²) in [4.78, 5) is 0. The second kappa shape index (κ2) is 4.31. The lowest BCUT2D eigenvalue weighted by Gasteiger charge is -2.43. The first kappa shape index (κ1) is 12.4. The summed E-state index contributed by atoms with van der Waals surface area (Å²) >= 11 is 0. The maximum atomic E-state index is 10.6. The van der Waals surface area contributed by atoms with Crippen molar-refractivity contribution in [3.05, 3.63) is 11.9 Å². The number of ether oxygens (including phenoxy) is 2. The molecule has 1 aromatic heterocycles. The highest BCUT2D eigenvalue weighted by Gasteiger charge is 2.48. The molecule has 1 fully saturated rings. The van der Waals surface area contributed by atoms with Crippen LogP contribution in [0.15, 0.2) is 6.20 Å². The van der Waals surface area contributed by atoms with Gasteiger partial charge in [0.25, 0.3) is 0 Å². The lowest BCUT2D eigenvalue weighted by molar-refractivity contribution is -0.138. The van der Waals surface area contributed by atoms with Gasteiger partial charge in [-0.15, -0.1) is 0 Å². The van der Waals surface area contributed by atoms with Crippen molar-refractivity contribution >= 4 is 0 Å². The molecule has 0 radical (unpaired) electrons. The van der Waals surface area contributed by atoms with Gasteiger partial charge >= 0.3 is 0 Å². The average Bonchev–Trinajstić information content (AvgIpc) is 2.68. The highest BCUT2D eigenvalue weighted by Crippen LogP contribution is 2.46. The molecule has 5 heteroatoms. The molecule has 0 aromatic carbocycles. The van der Waals surface area contributed by atoms with Crippen LogP contribution in [0.4, 0.5) is 0 Å². The summed E-state index contributed by atoms with van der Waals surface area (Å²) < 4.78 is 12.3. The summed E-state index contributed by atoms with van der Waals surface area (Å²) in [5, 5.41) is 14.9. The SMILES string of the molecule is COc1cnn(C(C)C)c1C1(O)CC(OC)C1. The van der Waals surface area contributed by atoms with Crippen LogP contribution < -0.4 is 4.74 Å². The van der Waals surface area contributed by atoms with Crippen molar-refractivity contribution in [3.8, 4) is 5.75 Å². The molecule has 1 aliphatic rings. The zero-order chi connectivity index (χ0) is 12.6. The van der Waals surface area contributed by atoms with E-state index in [2.05, 4.69) is 5.10 Å². The van der Waals surface area contributed by atoms with Crippen molar-refractivity contribution in [2.45, 2.75) is 44.4 Å². The highest BCUT2D eigenvalue weighted by molar-refractivity contribution is 5.33. The molecule has 1 N–H and O–H groups in total. The van der Waals surface area contributed by atoms with Crippen LogP contribution in [0.5, 0.6) is 5.75 Å². The van der Waals surface area contributed by atoms with Gasteiger partial charge in [-0.3, -0.25) is 4.68 Å². The molecule has 5 nitrogen and oxygen atoms in total. The number of nitrogens with zero attached hydrogens (tertiary/aromatic N) is 2. The van der Waals surface area contributed by atoms with Gasteiger partial charge in [-0.05, 0) is 13.8 Å². The van der Waals surface area contributed by atoms with Gasteiger partial charge in [-0.25, -0.2) is 0 Å². The quantitative estimate of drug-likeness (QED) is 0.866. The fourth-order valence-corrected chi connectivity index (χ4v) is 2.38. The molecule has 0 atom stereocenters. The van der Waals surface area contributed by atoms with Gasteiger partial charge in [0.05, 0.1) is 19.4 Å². The average molecular weight is 240 g/mol. The van der Waals surface area contributed by atoms with Crippen molar-refractivity contribution in [1.29, 1.82) is 0 Å². The number of hydrogen-bond donors (Lipinski definition) is 1. The second-order valence-corrected chi connectivity index (χ2v) is 4.90. The number of methoxy groups -OCH3 is 2. The lowest BCUT2D eigenvalue weighted by atomic mass is 9.74. The first-order valence-electron chi connectivity index (χ1n) is 5.89. The molecular weight excluding hydrogens is 220 g/mol. The summed E-state index contributed by atoms with van der Waals surface area (Å²) in [6.45, 7) is 4.07. The Kier molecular flexibility index (Phi) is 3.14. The molecule has 0 unspecified atom stereocenters. The van der Waals surface area contributed by atoms with E-state index in [9.17, 15) is 5.11 Å². The van der Waals surface area contributed by atoms with Gasteiger partial charge in [0.1, 0.15) is 11.3 Å². The highest BCUT2D eigenvalue weighted by atomic mass is 16.5. The normalized spacial score (nSPS) is 28.2. The zero-order valence-electron chi connectivity index (χ0n) is 10.8. The Morgan fingerprint density at radius 2 is 2.12 bits per heavy atom. The first-order valence-corrected chi connectivity index (χ1v) is 5.89. The Labute approximate surface area is 101 Å². The monoisotopic (exact) mass is 240 g/mol. The number of rotatable bonds is 4. The van der Waals surface area contributed by atoms with Crippen molar-refractivity contribution < 1.29 is 14.6 Å². The molecule has 17 heavy (non-hydrogen) atoms.